The summed E-state index contributed by atoms with van der Waals surface area (Å²) in [4.78, 5) is 14.2. The number of sulfone groups is 1. The van der Waals surface area contributed by atoms with Crippen molar-refractivity contribution in [3.63, 3.8) is 0 Å². The van der Waals surface area contributed by atoms with Gasteiger partial charge in [0.2, 0.25) is 0 Å². The summed E-state index contributed by atoms with van der Waals surface area (Å²) in [6, 6.07) is 6.03. The Morgan fingerprint density at radius 3 is 2.26 bits per heavy atom. The number of hydrogen-bond donors (Lipinski definition) is 1. The molecule has 0 aromatic heterocycles. The third kappa shape index (κ3) is 2.96. The second kappa shape index (κ2) is 4.94. The summed E-state index contributed by atoms with van der Waals surface area (Å²) in [5.41, 5.74) is 6.39. The number of carbonyl (C=O) groups excluding carboxylic acids is 1. The van der Waals surface area contributed by atoms with Crippen LogP contribution in [0, 0.1) is 5.92 Å². The molecule has 1 heterocycles. The van der Waals surface area contributed by atoms with Gasteiger partial charge in [0, 0.05) is 31.0 Å². The standard InChI is InChI=1S/C13H18N2O3S/c1-9-7-15(8-12(9)14)13(16)10-3-5-11(6-4-10)19(2,17)18/h3-6,9,12H,7-8,14H2,1-2H3. The molecule has 104 valence electrons. The Bertz CT molecular complexity index is 570. The van der Waals surface area contributed by atoms with Crippen molar-refractivity contribution in [2.45, 2.75) is 17.9 Å². The molecule has 1 fully saturated rings. The molecule has 1 aliphatic heterocycles. The van der Waals surface area contributed by atoms with Gasteiger partial charge in [-0.15, -0.1) is 0 Å². The van der Waals surface area contributed by atoms with Crippen LogP contribution in [-0.4, -0.2) is 44.6 Å². The highest BCUT2D eigenvalue weighted by Crippen LogP contribution is 2.18. The molecule has 19 heavy (non-hydrogen) atoms. The second-order valence-electron chi connectivity index (χ2n) is 5.15. The monoisotopic (exact) mass is 282 g/mol. The lowest BCUT2D eigenvalue weighted by molar-refractivity contribution is 0.0786. The third-order valence-corrected chi connectivity index (χ3v) is 4.62. The molecule has 1 saturated heterocycles. The summed E-state index contributed by atoms with van der Waals surface area (Å²) in [7, 11) is -3.23. The van der Waals surface area contributed by atoms with Crippen molar-refractivity contribution in [2.24, 2.45) is 11.7 Å². The van der Waals surface area contributed by atoms with Crippen molar-refractivity contribution in [1.29, 1.82) is 0 Å². The van der Waals surface area contributed by atoms with E-state index in [9.17, 15) is 13.2 Å². The Labute approximate surface area is 113 Å². The van der Waals surface area contributed by atoms with E-state index in [0.29, 0.717) is 24.6 Å². The minimum atomic E-state index is -3.23. The van der Waals surface area contributed by atoms with Crippen molar-refractivity contribution in [3.8, 4) is 0 Å². The summed E-state index contributed by atoms with van der Waals surface area (Å²) >= 11 is 0. The van der Waals surface area contributed by atoms with Crippen LogP contribution in [-0.2, 0) is 9.84 Å². The first kappa shape index (κ1) is 14.0. The Balaban J connectivity index is 2.17. The average Bonchev–Trinajstić information content (AvgIpc) is 2.68. The number of likely N-dealkylation sites (tertiary alicyclic amines) is 1. The molecular weight excluding hydrogens is 264 g/mol. The number of amides is 1. The van der Waals surface area contributed by atoms with E-state index in [2.05, 4.69) is 0 Å². The smallest absolute Gasteiger partial charge is 0.253 e. The van der Waals surface area contributed by atoms with Gasteiger partial charge in [0.05, 0.1) is 4.90 Å². The van der Waals surface area contributed by atoms with Crippen molar-refractivity contribution in [1.82, 2.24) is 4.90 Å². The number of hydrogen-bond acceptors (Lipinski definition) is 4. The highest BCUT2D eigenvalue weighted by atomic mass is 32.2. The molecule has 0 radical (unpaired) electrons. The quantitative estimate of drug-likeness (QED) is 0.857. The van der Waals surface area contributed by atoms with E-state index in [0.717, 1.165) is 6.26 Å². The van der Waals surface area contributed by atoms with Gasteiger partial charge in [0.15, 0.2) is 9.84 Å². The molecule has 2 atom stereocenters. The van der Waals surface area contributed by atoms with E-state index in [4.69, 9.17) is 5.73 Å². The van der Waals surface area contributed by atoms with Crippen LogP contribution in [0.2, 0.25) is 0 Å². The van der Waals surface area contributed by atoms with Gasteiger partial charge in [-0.2, -0.15) is 0 Å². The second-order valence-corrected chi connectivity index (χ2v) is 7.16. The first-order chi connectivity index (χ1) is 8.79. The van der Waals surface area contributed by atoms with Gasteiger partial charge in [-0.3, -0.25) is 4.79 Å². The molecule has 2 N–H and O–H groups in total. The van der Waals surface area contributed by atoms with Crippen LogP contribution in [0.15, 0.2) is 29.2 Å². The molecule has 0 aliphatic carbocycles. The molecule has 2 rings (SSSR count). The predicted molar refractivity (Wildman–Crippen MR) is 72.6 cm³/mol. The lowest BCUT2D eigenvalue weighted by atomic mass is 10.1. The summed E-state index contributed by atoms with van der Waals surface area (Å²) in [6.07, 6.45) is 1.14. The van der Waals surface area contributed by atoms with Crippen LogP contribution in [0.1, 0.15) is 17.3 Å². The van der Waals surface area contributed by atoms with Crippen molar-refractivity contribution in [2.75, 3.05) is 19.3 Å². The fraction of sp³-hybridized carbons (Fsp3) is 0.462. The van der Waals surface area contributed by atoms with E-state index in [1.54, 1.807) is 17.0 Å². The first-order valence-corrected chi connectivity index (χ1v) is 8.03. The van der Waals surface area contributed by atoms with Crippen molar-refractivity contribution < 1.29 is 13.2 Å². The first-order valence-electron chi connectivity index (χ1n) is 6.14. The highest BCUT2D eigenvalue weighted by molar-refractivity contribution is 7.90. The van der Waals surface area contributed by atoms with Crippen molar-refractivity contribution in [3.05, 3.63) is 29.8 Å². The van der Waals surface area contributed by atoms with E-state index in [-0.39, 0.29) is 16.8 Å². The van der Waals surface area contributed by atoms with E-state index in [1.807, 2.05) is 6.92 Å². The largest absolute Gasteiger partial charge is 0.337 e. The normalized spacial score (nSPS) is 23.6. The Morgan fingerprint density at radius 1 is 1.26 bits per heavy atom. The summed E-state index contributed by atoms with van der Waals surface area (Å²) in [5, 5.41) is 0. The average molecular weight is 282 g/mol. The zero-order valence-electron chi connectivity index (χ0n) is 11.0. The molecule has 1 aromatic rings. The van der Waals surface area contributed by atoms with E-state index >= 15 is 0 Å². The van der Waals surface area contributed by atoms with Crippen LogP contribution < -0.4 is 5.73 Å². The number of carbonyl (C=O) groups is 1. The lowest BCUT2D eigenvalue weighted by Crippen LogP contribution is -2.32. The van der Waals surface area contributed by atoms with Crippen LogP contribution in [0.5, 0.6) is 0 Å². The van der Waals surface area contributed by atoms with Gasteiger partial charge in [0.25, 0.3) is 5.91 Å². The fourth-order valence-corrected chi connectivity index (χ4v) is 2.82. The molecule has 1 amide bonds. The number of nitrogens with zero attached hydrogens (tertiary/aromatic N) is 1. The maximum Gasteiger partial charge on any atom is 0.253 e. The number of benzene rings is 1. The molecule has 0 saturated carbocycles. The SMILES string of the molecule is CC1CN(C(=O)c2ccc(S(C)(=O)=O)cc2)CC1N. The van der Waals surface area contributed by atoms with Gasteiger partial charge in [-0.1, -0.05) is 6.92 Å². The molecular formula is C13H18N2O3S. The summed E-state index contributed by atoms with van der Waals surface area (Å²) in [5.74, 6) is 0.194. The van der Waals surface area contributed by atoms with Gasteiger partial charge in [-0.05, 0) is 30.2 Å². The van der Waals surface area contributed by atoms with Crippen LogP contribution in [0.3, 0.4) is 0 Å². The summed E-state index contributed by atoms with van der Waals surface area (Å²) < 4.78 is 22.7. The molecule has 6 heteroatoms. The minimum Gasteiger partial charge on any atom is -0.337 e. The maximum absolute atomic E-state index is 12.2. The number of rotatable bonds is 2. The van der Waals surface area contributed by atoms with E-state index in [1.165, 1.54) is 12.1 Å². The van der Waals surface area contributed by atoms with E-state index < -0.39 is 9.84 Å². The van der Waals surface area contributed by atoms with Crippen LogP contribution in [0.4, 0.5) is 0 Å². The maximum atomic E-state index is 12.2. The van der Waals surface area contributed by atoms with Gasteiger partial charge >= 0.3 is 0 Å². The lowest BCUT2D eigenvalue weighted by Gasteiger charge is -2.16. The van der Waals surface area contributed by atoms with Crippen LogP contribution in [0.25, 0.3) is 0 Å². The minimum absolute atomic E-state index is 0.0132. The molecule has 5 nitrogen and oxygen atoms in total. The Kier molecular flexibility index (Phi) is 3.64. The predicted octanol–water partition coefficient (Wildman–Crippen LogP) is 0.509. The summed E-state index contributed by atoms with van der Waals surface area (Å²) in [6.45, 7) is 3.21. The zero-order valence-corrected chi connectivity index (χ0v) is 11.9. The van der Waals surface area contributed by atoms with Gasteiger partial charge in [-0.25, -0.2) is 8.42 Å². The van der Waals surface area contributed by atoms with Gasteiger partial charge < -0.3 is 10.6 Å². The van der Waals surface area contributed by atoms with Crippen LogP contribution >= 0.6 is 0 Å². The third-order valence-electron chi connectivity index (χ3n) is 3.49. The number of nitrogens with two attached hydrogens (primary N) is 1. The zero-order chi connectivity index (χ0) is 14.2. The molecule has 2 unspecified atom stereocenters. The molecule has 1 aromatic carbocycles. The fourth-order valence-electron chi connectivity index (χ4n) is 2.19. The Morgan fingerprint density at radius 2 is 1.84 bits per heavy atom. The highest BCUT2D eigenvalue weighted by Gasteiger charge is 2.30. The molecule has 0 bridgehead atoms. The Hall–Kier alpha value is -1.40. The van der Waals surface area contributed by atoms with Crippen molar-refractivity contribution >= 4 is 15.7 Å². The molecule has 1 aliphatic rings. The molecule has 0 spiro atoms. The topological polar surface area (TPSA) is 80.5 Å². The van der Waals surface area contributed by atoms with Gasteiger partial charge in [0.1, 0.15) is 0 Å².